The van der Waals surface area contributed by atoms with E-state index in [1.165, 1.54) is 0 Å². The minimum atomic E-state index is -4.28. The Balaban J connectivity index is 2.97. The molecule has 54 valence electrons. The molecule has 0 unspecified atom stereocenters. The third-order valence-corrected chi connectivity index (χ3v) is 0.951. The lowest BCUT2D eigenvalue weighted by Gasteiger charge is -2.00. The van der Waals surface area contributed by atoms with E-state index in [1.54, 1.807) is 0 Å². The van der Waals surface area contributed by atoms with Gasteiger partial charge in [0.2, 0.25) is 6.20 Å². The van der Waals surface area contributed by atoms with Crippen LogP contribution in [0.25, 0.3) is 0 Å². The molecule has 0 saturated heterocycles. The summed E-state index contributed by atoms with van der Waals surface area (Å²) in [4.78, 5) is 0. The number of rotatable bonds is 0. The van der Waals surface area contributed by atoms with Gasteiger partial charge < -0.3 is 0 Å². The number of hydrogen-bond acceptors (Lipinski definition) is 1. The average molecular weight is 149 g/mol. The van der Waals surface area contributed by atoms with Crippen molar-refractivity contribution in [3.63, 3.8) is 0 Å². The number of alkyl halides is 3. The van der Waals surface area contributed by atoms with E-state index in [-0.39, 0.29) is 0 Å². The Kier molecular flexibility index (Phi) is 1.57. The molecule has 0 radical (unpaired) electrons. The van der Waals surface area contributed by atoms with Gasteiger partial charge in [-0.25, -0.2) is 0 Å². The van der Waals surface area contributed by atoms with Crippen molar-refractivity contribution in [1.29, 1.82) is 0 Å². The van der Waals surface area contributed by atoms with Gasteiger partial charge in [0.1, 0.15) is 5.56 Å². The van der Waals surface area contributed by atoms with E-state index in [9.17, 15) is 13.2 Å². The molecule has 5 heteroatoms. The maximum Gasteiger partial charge on any atom is 0.422 e. The number of H-pyrrole nitrogens is 1. The monoisotopic (exact) mass is 149 g/mol. The molecule has 2 nitrogen and oxygen atoms in total. The Morgan fingerprint density at radius 2 is 2.10 bits per heavy atom. The van der Waals surface area contributed by atoms with E-state index in [4.69, 9.17) is 0 Å². The van der Waals surface area contributed by atoms with Gasteiger partial charge >= 0.3 is 6.18 Å². The Morgan fingerprint density at radius 3 is 2.40 bits per heavy atom. The van der Waals surface area contributed by atoms with Crippen LogP contribution in [-0.4, -0.2) is 5.10 Å². The smallest absolute Gasteiger partial charge is 0.166 e. The third-order valence-electron chi connectivity index (χ3n) is 0.951. The molecule has 1 N–H and O–H groups in total. The zero-order valence-corrected chi connectivity index (χ0v) is 4.81. The fourth-order valence-corrected chi connectivity index (χ4v) is 0.492. The lowest BCUT2D eigenvalue weighted by molar-refractivity contribution is -0.457. The zero-order valence-electron chi connectivity index (χ0n) is 4.81. The Bertz CT molecular complexity index is 206. The molecule has 0 aliphatic carbocycles. The van der Waals surface area contributed by atoms with E-state index >= 15 is 0 Å². The molecule has 1 heterocycles. The average Bonchev–Trinajstić information content (AvgIpc) is 1.88. The minimum Gasteiger partial charge on any atom is -0.166 e. The Labute approximate surface area is 54.7 Å². The molecule has 10 heavy (non-hydrogen) atoms. The van der Waals surface area contributed by atoms with Crippen molar-refractivity contribution in [2.75, 3.05) is 0 Å². The molecule has 0 aliphatic heterocycles. The van der Waals surface area contributed by atoms with Crippen molar-refractivity contribution < 1.29 is 18.3 Å². The molecule has 0 amide bonds. The molecule has 0 spiro atoms. The molecular weight excluding hydrogens is 145 g/mol. The Morgan fingerprint density at radius 1 is 1.40 bits per heavy atom. The van der Waals surface area contributed by atoms with Crippen molar-refractivity contribution in [3.8, 4) is 0 Å². The van der Waals surface area contributed by atoms with Crippen molar-refractivity contribution >= 4 is 0 Å². The van der Waals surface area contributed by atoms with Gasteiger partial charge in [0.25, 0.3) is 0 Å². The van der Waals surface area contributed by atoms with E-state index in [0.29, 0.717) is 0 Å². The summed E-state index contributed by atoms with van der Waals surface area (Å²) >= 11 is 0. The van der Waals surface area contributed by atoms with Crippen LogP contribution < -0.4 is 5.10 Å². The van der Waals surface area contributed by atoms with Crippen LogP contribution in [0, 0.1) is 0 Å². The maximum atomic E-state index is 11.7. The van der Waals surface area contributed by atoms with Crippen LogP contribution in [0.2, 0.25) is 0 Å². The van der Waals surface area contributed by atoms with Gasteiger partial charge in [-0.1, -0.05) is 0 Å². The van der Waals surface area contributed by atoms with Crippen molar-refractivity contribution in [3.05, 3.63) is 24.0 Å². The highest BCUT2D eigenvalue weighted by molar-refractivity contribution is 5.06. The van der Waals surface area contributed by atoms with Gasteiger partial charge in [-0.15, -0.1) is 5.10 Å². The molecule has 1 rings (SSSR count). The van der Waals surface area contributed by atoms with E-state index in [2.05, 4.69) is 10.2 Å². The van der Waals surface area contributed by atoms with Gasteiger partial charge in [-0.3, -0.25) is 0 Å². The molecule has 0 atom stereocenters. The highest BCUT2D eigenvalue weighted by Gasteiger charge is 2.32. The maximum absolute atomic E-state index is 11.7. The predicted octanol–water partition coefficient (Wildman–Crippen LogP) is 0.914. The lowest BCUT2D eigenvalue weighted by atomic mass is 10.3. The summed E-state index contributed by atoms with van der Waals surface area (Å²) < 4.78 is 35.2. The molecule has 1 aromatic rings. The first-order chi connectivity index (χ1) is 4.61. The molecule has 0 saturated carbocycles. The van der Waals surface area contributed by atoms with Crippen LogP contribution in [-0.2, 0) is 6.18 Å². The van der Waals surface area contributed by atoms with E-state index < -0.39 is 11.7 Å². The second-order valence-corrected chi connectivity index (χ2v) is 1.67. The summed E-state index contributed by atoms with van der Waals surface area (Å²) in [5, 5.41) is 5.43. The third kappa shape index (κ3) is 1.43. The number of nitrogens with one attached hydrogen (secondary N) is 1. The summed E-state index contributed by atoms with van der Waals surface area (Å²) in [6.07, 6.45) is -2.41. The zero-order chi connectivity index (χ0) is 7.61. The van der Waals surface area contributed by atoms with Gasteiger partial charge in [0.05, 0.1) is 6.20 Å². The van der Waals surface area contributed by atoms with Crippen LogP contribution in [0.4, 0.5) is 13.2 Å². The number of aromatic amines is 1. The first-order valence-corrected chi connectivity index (χ1v) is 2.50. The SMILES string of the molecule is FC(F)(F)c1ccn[nH+]c1. The van der Waals surface area contributed by atoms with Gasteiger partial charge in [-0.05, 0) is 11.2 Å². The van der Waals surface area contributed by atoms with Gasteiger partial charge in [-0.2, -0.15) is 13.2 Å². The highest BCUT2D eigenvalue weighted by Crippen LogP contribution is 2.26. The topological polar surface area (TPSA) is 27.0 Å². The van der Waals surface area contributed by atoms with Gasteiger partial charge in [0, 0.05) is 0 Å². The summed E-state index contributed by atoms with van der Waals surface area (Å²) in [6, 6.07) is 0.899. The summed E-state index contributed by atoms with van der Waals surface area (Å²) in [5.74, 6) is 0. The molecular formula is C5H4F3N2+. The molecule has 0 fully saturated rings. The first-order valence-electron chi connectivity index (χ1n) is 2.50. The largest absolute Gasteiger partial charge is 0.422 e. The second-order valence-electron chi connectivity index (χ2n) is 1.67. The minimum absolute atomic E-state index is 0.720. The quantitative estimate of drug-likeness (QED) is 0.538. The number of halogens is 3. The van der Waals surface area contributed by atoms with Crippen LogP contribution in [0.1, 0.15) is 5.56 Å². The number of aromatic nitrogens is 2. The Hall–Kier alpha value is -1.13. The van der Waals surface area contributed by atoms with Crippen LogP contribution >= 0.6 is 0 Å². The molecule has 1 aromatic heterocycles. The first kappa shape index (κ1) is 6.98. The summed E-state index contributed by atoms with van der Waals surface area (Å²) in [5.41, 5.74) is -0.720. The summed E-state index contributed by atoms with van der Waals surface area (Å²) in [6.45, 7) is 0. The lowest BCUT2D eigenvalue weighted by Crippen LogP contribution is -2.13. The predicted molar refractivity (Wildman–Crippen MR) is 25.8 cm³/mol. The molecule has 0 aliphatic rings. The standard InChI is InChI=1S/C5H3F3N2/c6-5(7,8)4-1-2-9-10-3-4/h1-3H/p+1. The van der Waals surface area contributed by atoms with Crippen molar-refractivity contribution in [2.24, 2.45) is 0 Å². The van der Waals surface area contributed by atoms with Crippen molar-refractivity contribution in [2.45, 2.75) is 6.18 Å². The number of hydrogen-bond donors (Lipinski definition) is 0. The van der Waals surface area contributed by atoms with E-state index in [0.717, 1.165) is 18.5 Å². The molecule has 0 aromatic carbocycles. The highest BCUT2D eigenvalue weighted by atomic mass is 19.4. The molecule has 0 bridgehead atoms. The second kappa shape index (κ2) is 2.24. The van der Waals surface area contributed by atoms with Crippen LogP contribution in [0.3, 0.4) is 0 Å². The van der Waals surface area contributed by atoms with Crippen molar-refractivity contribution in [1.82, 2.24) is 5.10 Å². The fourth-order valence-electron chi connectivity index (χ4n) is 0.492. The van der Waals surface area contributed by atoms with Crippen LogP contribution in [0.5, 0.6) is 0 Å². The summed E-state index contributed by atoms with van der Waals surface area (Å²) in [7, 11) is 0. The van der Waals surface area contributed by atoms with Gasteiger partial charge in [0.15, 0.2) is 0 Å². The van der Waals surface area contributed by atoms with E-state index in [1.807, 2.05) is 0 Å². The number of nitrogens with zero attached hydrogens (tertiary/aromatic N) is 1. The normalized spacial score (nSPS) is 11.5. The fraction of sp³-hybridized carbons (Fsp3) is 0.200. The van der Waals surface area contributed by atoms with Crippen LogP contribution in [0.15, 0.2) is 18.5 Å².